The Labute approximate surface area is 121 Å². The van der Waals surface area contributed by atoms with Crippen LogP contribution >= 0.6 is 0 Å². The average Bonchev–Trinajstić information content (AvgIpc) is 2.91. The van der Waals surface area contributed by atoms with E-state index in [1.807, 2.05) is 10.9 Å². The van der Waals surface area contributed by atoms with Crippen molar-refractivity contribution in [1.29, 1.82) is 0 Å². The maximum Gasteiger partial charge on any atom is 0.0522 e. The average molecular weight is 272 g/mol. The lowest BCUT2D eigenvalue weighted by Gasteiger charge is -2.23. The first kappa shape index (κ1) is 14.8. The second-order valence-corrected chi connectivity index (χ2v) is 5.24. The van der Waals surface area contributed by atoms with Crippen molar-refractivity contribution < 1.29 is 0 Å². The Balaban J connectivity index is 2.05. The van der Waals surface area contributed by atoms with Crippen molar-refractivity contribution >= 4 is 0 Å². The number of aryl methyl sites for hydroxylation is 1. The molecule has 20 heavy (non-hydrogen) atoms. The molecule has 2 rings (SSSR count). The van der Waals surface area contributed by atoms with Crippen LogP contribution in [0.25, 0.3) is 0 Å². The molecule has 0 aliphatic rings. The highest BCUT2D eigenvalue weighted by molar-refractivity contribution is 5.19. The van der Waals surface area contributed by atoms with Gasteiger partial charge in [0.1, 0.15) is 0 Å². The predicted molar refractivity (Wildman–Crippen MR) is 82.5 cm³/mol. The largest absolute Gasteiger partial charge is 0.308 e. The zero-order chi connectivity index (χ0) is 14.4. The lowest BCUT2D eigenvalue weighted by Crippen LogP contribution is -2.31. The number of rotatable bonds is 7. The van der Waals surface area contributed by atoms with Gasteiger partial charge < -0.3 is 10.2 Å². The molecule has 1 unspecified atom stereocenters. The lowest BCUT2D eigenvalue weighted by atomic mass is 10.1. The molecule has 2 aromatic rings. The molecular formula is C16H24N4. The van der Waals surface area contributed by atoms with E-state index in [0.29, 0.717) is 6.04 Å². The van der Waals surface area contributed by atoms with E-state index in [9.17, 15) is 0 Å². The second-order valence-electron chi connectivity index (χ2n) is 5.24. The summed E-state index contributed by atoms with van der Waals surface area (Å²) in [5, 5.41) is 7.95. The van der Waals surface area contributed by atoms with Crippen LogP contribution in [0.5, 0.6) is 0 Å². The van der Waals surface area contributed by atoms with Gasteiger partial charge in [0.05, 0.1) is 5.69 Å². The van der Waals surface area contributed by atoms with Crippen molar-refractivity contribution in [1.82, 2.24) is 20.0 Å². The molecule has 108 valence electrons. The third kappa shape index (κ3) is 3.92. The fourth-order valence-corrected chi connectivity index (χ4v) is 2.36. The molecule has 1 N–H and O–H groups in total. The van der Waals surface area contributed by atoms with Gasteiger partial charge in [-0.05, 0) is 32.6 Å². The fraction of sp³-hybridized carbons (Fsp3) is 0.438. The van der Waals surface area contributed by atoms with Crippen molar-refractivity contribution in [2.24, 2.45) is 0 Å². The molecule has 1 heterocycles. The van der Waals surface area contributed by atoms with Gasteiger partial charge in [-0.2, -0.15) is 5.10 Å². The van der Waals surface area contributed by atoms with Crippen molar-refractivity contribution in [3.63, 3.8) is 0 Å². The van der Waals surface area contributed by atoms with Gasteiger partial charge in [0.25, 0.3) is 0 Å². The molecule has 1 aromatic heterocycles. The monoisotopic (exact) mass is 272 g/mol. The van der Waals surface area contributed by atoms with E-state index in [1.54, 1.807) is 0 Å². The second kappa shape index (κ2) is 7.22. The first-order valence-electron chi connectivity index (χ1n) is 7.14. The SMILES string of the molecule is CCn1nccc1CNC(CN(C)C)c1ccccc1. The number of nitrogens with one attached hydrogen (secondary N) is 1. The highest BCUT2D eigenvalue weighted by Crippen LogP contribution is 2.14. The van der Waals surface area contributed by atoms with E-state index in [0.717, 1.165) is 19.6 Å². The van der Waals surface area contributed by atoms with Gasteiger partial charge in [0.15, 0.2) is 0 Å². The summed E-state index contributed by atoms with van der Waals surface area (Å²) in [6.45, 7) is 4.84. The molecule has 0 spiro atoms. The van der Waals surface area contributed by atoms with Crippen LogP contribution in [0.4, 0.5) is 0 Å². The van der Waals surface area contributed by atoms with Crippen LogP contribution in [0, 0.1) is 0 Å². The first-order chi connectivity index (χ1) is 9.70. The molecule has 1 atom stereocenters. The minimum absolute atomic E-state index is 0.325. The van der Waals surface area contributed by atoms with Crippen molar-refractivity contribution in [2.75, 3.05) is 20.6 Å². The number of aromatic nitrogens is 2. The first-order valence-corrected chi connectivity index (χ1v) is 7.14. The van der Waals surface area contributed by atoms with Gasteiger partial charge in [-0.3, -0.25) is 4.68 Å². The third-order valence-corrected chi connectivity index (χ3v) is 3.38. The van der Waals surface area contributed by atoms with Crippen LogP contribution in [0.1, 0.15) is 24.2 Å². The third-order valence-electron chi connectivity index (χ3n) is 3.38. The summed E-state index contributed by atoms with van der Waals surface area (Å²) in [5.74, 6) is 0. The van der Waals surface area contributed by atoms with E-state index < -0.39 is 0 Å². The minimum Gasteiger partial charge on any atom is -0.308 e. The van der Waals surface area contributed by atoms with Crippen LogP contribution in [-0.4, -0.2) is 35.3 Å². The van der Waals surface area contributed by atoms with Gasteiger partial charge in [-0.1, -0.05) is 30.3 Å². The number of likely N-dealkylation sites (N-methyl/N-ethyl adjacent to an activating group) is 1. The van der Waals surface area contributed by atoms with Crippen LogP contribution in [-0.2, 0) is 13.1 Å². The molecule has 0 saturated carbocycles. The molecule has 0 aliphatic carbocycles. The van der Waals surface area contributed by atoms with Gasteiger partial charge in [-0.15, -0.1) is 0 Å². The molecule has 4 nitrogen and oxygen atoms in total. The Bertz CT molecular complexity index is 504. The molecule has 0 amide bonds. The minimum atomic E-state index is 0.325. The normalized spacial score (nSPS) is 12.8. The molecule has 0 aliphatic heterocycles. The zero-order valence-electron chi connectivity index (χ0n) is 12.6. The number of nitrogens with zero attached hydrogens (tertiary/aromatic N) is 3. The summed E-state index contributed by atoms with van der Waals surface area (Å²) in [6, 6.07) is 13.0. The van der Waals surface area contributed by atoms with Crippen molar-refractivity contribution in [3.8, 4) is 0 Å². The van der Waals surface area contributed by atoms with Crippen molar-refractivity contribution in [2.45, 2.75) is 26.1 Å². The zero-order valence-corrected chi connectivity index (χ0v) is 12.6. The topological polar surface area (TPSA) is 33.1 Å². The Kier molecular flexibility index (Phi) is 5.32. The Morgan fingerprint density at radius 3 is 2.60 bits per heavy atom. The molecule has 1 aromatic carbocycles. The Morgan fingerprint density at radius 2 is 1.95 bits per heavy atom. The summed E-state index contributed by atoms with van der Waals surface area (Å²) in [4.78, 5) is 2.21. The van der Waals surface area contributed by atoms with E-state index in [4.69, 9.17) is 0 Å². The van der Waals surface area contributed by atoms with E-state index in [-0.39, 0.29) is 0 Å². The van der Waals surface area contributed by atoms with Crippen LogP contribution in [0.2, 0.25) is 0 Å². The molecule has 0 bridgehead atoms. The van der Waals surface area contributed by atoms with E-state index in [1.165, 1.54) is 11.3 Å². The van der Waals surface area contributed by atoms with Gasteiger partial charge >= 0.3 is 0 Å². The van der Waals surface area contributed by atoms with Crippen LogP contribution < -0.4 is 5.32 Å². The quantitative estimate of drug-likeness (QED) is 0.839. The van der Waals surface area contributed by atoms with E-state index >= 15 is 0 Å². The summed E-state index contributed by atoms with van der Waals surface area (Å²) < 4.78 is 2.03. The van der Waals surface area contributed by atoms with Crippen LogP contribution in [0.3, 0.4) is 0 Å². The van der Waals surface area contributed by atoms with Gasteiger partial charge in [0.2, 0.25) is 0 Å². The lowest BCUT2D eigenvalue weighted by molar-refractivity contribution is 0.338. The molecule has 0 radical (unpaired) electrons. The molecular weight excluding hydrogens is 248 g/mol. The maximum absolute atomic E-state index is 4.31. The molecule has 4 heteroatoms. The Morgan fingerprint density at radius 1 is 1.20 bits per heavy atom. The smallest absolute Gasteiger partial charge is 0.0522 e. The number of benzene rings is 1. The maximum atomic E-state index is 4.31. The number of hydrogen-bond donors (Lipinski definition) is 1. The van der Waals surface area contributed by atoms with Crippen LogP contribution in [0.15, 0.2) is 42.6 Å². The summed E-state index contributed by atoms with van der Waals surface area (Å²) >= 11 is 0. The standard InChI is InChI=1S/C16H24N4/c1-4-20-15(10-11-18-20)12-17-16(13-19(2)3)14-8-6-5-7-9-14/h5-11,16-17H,4,12-13H2,1-3H3. The van der Waals surface area contributed by atoms with Crippen molar-refractivity contribution in [3.05, 3.63) is 53.9 Å². The highest BCUT2D eigenvalue weighted by atomic mass is 15.3. The summed E-state index contributed by atoms with van der Waals surface area (Å²) in [7, 11) is 4.21. The fourth-order valence-electron chi connectivity index (χ4n) is 2.36. The Hall–Kier alpha value is -1.65. The molecule has 0 fully saturated rings. The molecule has 0 saturated heterocycles. The predicted octanol–water partition coefficient (Wildman–Crippen LogP) is 2.30. The highest BCUT2D eigenvalue weighted by Gasteiger charge is 2.12. The van der Waals surface area contributed by atoms with E-state index in [2.05, 4.69) is 72.7 Å². The van der Waals surface area contributed by atoms with Gasteiger partial charge in [0, 0.05) is 31.9 Å². The summed E-state index contributed by atoms with van der Waals surface area (Å²) in [5.41, 5.74) is 2.55. The summed E-state index contributed by atoms with van der Waals surface area (Å²) in [6.07, 6.45) is 1.87. The number of hydrogen-bond acceptors (Lipinski definition) is 3. The van der Waals surface area contributed by atoms with Gasteiger partial charge in [-0.25, -0.2) is 0 Å².